The third-order valence-electron chi connectivity index (χ3n) is 5.55. The summed E-state index contributed by atoms with van der Waals surface area (Å²) in [5.41, 5.74) is 8.30. The molecule has 5 heteroatoms. The maximum Gasteiger partial charge on any atom is 0.271 e. The van der Waals surface area contributed by atoms with Gasteiger partial charge in [-0.25, -0.2) is 5.43 Å². The Labute approximate surface area is 181 Å². The fourth-order valence-electron chi connectivity index (χ4n) is 4.24. The molecule has 0 saturated carbocycles. The van der Waals surface area contributed by atoms with Crippen molar-refractivity contribution in [1.29, 1.82) is 0 Å². The number of carbonyl (C=O) groups is 1. The van der Waals surface area contributed by atoms with Crippen molar-refractivity contribution < 1.29 is 4.79 Å². The molecule has 0 spiro atoms. The minimum Gasteiger partial charge on any atom is -0.366 e. The molecule has 2 aromatic carbocycles. The fraction of sp³-hybridized carbons (Fsp3) is 0.391. The van der Waals surface area contributed by atoms with Crippen molar-refractivity contribution in [1.82, 2.24) is 5.43 Å². The maximum atomic E-state index is 12.3. The fourth-order valence-corrected chi connectivity index (χ4v) is 4.79. The third kappa shape index (κ3) is 4.24. The van der Waals surface area contributed by atoms with Crippen molar-refractivity contribution in [2.45, 2.75) is 52.5 Å². The number of fused-ring (bicyclic) bond motifs is 1. The molecule has 0 radical (unpaired) electrons. The highest BCUT2D eigenvalue weighted by atomic mass is 127. The molecular weight excluding hydrogens is 461 g/mol. The lowest BCUT2D eigenvalue weighted by atomic mass is 9.79. The Morgan fingerprint density at radius 2 is 2.11 bits per heavy atom. The second kappa shape index (κ2) is 8.23. The van der Waals surface area contributed by atoms with E-state index < -0.39 is 0 Å². The summed E-state index contributed by atoms with van der Waals surface area (Å²) in [4.78, 5) is 14.8. The normalized spacial score (nSPS) is 18.2. The molecule has 1 N–H and O–H groups in total. The molecule has 0 aliphatic carbocycles. The standard InChI is InChI=1S/C23H28IN3O/c1-6-27-21-10-15(2)18(12-20(21)16(3)13-23(27,4)5)14-25-26-22(28)17-8-7-9-19(24)11-17/h7-12,14,16H,6,13H2,1-5H3,(H,26,28)/b25-14-/t16-/m0/s1. The summed E-state index contributed by atoms with van der Waals surface area (Å²) in [5, 5.41) is 4.21. The number of rotatable bonds is 4. The van der Waals surface area contributed by atoms with Gasteiger partial charge in [-0.15, -0.1) is 0 Å². The highest BCUT2D eigenvalue weighted by Crippen LogP contribution is 2.43. The van der Waals surface area contributed by atoms with Crippen LogP contribution in [-0.2, 0) is 0 Å². The van der Waals surface area contributed by atoms with Crippen molar-refractivity contribution in [3.63, 3.8) is 0 Å². The van der Waals surface area contributed by atoms with E-state index in [2.05, 4.69) is 84.8 Å². The zero-order valence-electron chi connectivity index (χ0n) is 17.2. The highest BCUT2D eigenvalue weighted by molar-refractivity contribution is 14.1. The first-order chi connectivity index (χ1) is 13.2. The maximum absolute atomic E-state index is 12.3. The Morgan fingerprint density at radius 1 is 1.36 bits per heavy atom. The van der Waals surface area contributed by atoms with Crippen molar-refractivity contribution in [2.24, 2.45) is 5.10 Å². The number of aryl methyl sites for hydroxylation is 1. The van der Waals surface area contributed by atoms with Gasteiger partial charge in [0.1, 0.15) is 0 Å². The summed E-state index contributed by atoms with van der Waals surface area (Å²) >= 11 is 2.20. The minimum absolute atomic E-state index is 0.157. The minimum atomic E-state index is -0.197. The molecule has 1 aliphatic heterocycles. The average molecular weight is 489 g/mol. The molecule has 4 nitrogen and oxygen atoms in total. The zero-order valence-corrected chi connectivity index (χ0v) is 19.4. The van der Waals surface area contributed by atoms with E-state index >= 15 is 0 Å². The van der Waals surface area contributed by atoms with Gasteiger partial charge in [-0.1, -0.05) is 13.0 Å². The summed E-state index contributed by atoms with van der Waals surface area (Å²) in [7, 11) is 0. The SMILES string of the molecule is CCN1c2cc(C)c(/C=N\NC(=O)c3cccc(I)c3)cc2[C@@H](C)CC1(C)C. The molecule has 0 aromatic heterocycles. The Bertz CT molecular complexity index is 920. The summed E-state index contributed by atoms with van der Waals surface area (Å²) in [6.45, 7) is 12.2. The quantitative estimate of drug-likeness (QED) is 0.352. The van der Waals surface area contributed by atoms with E-state index in [9.17, 15) is 4.79 Å². The van der Waals surface area contributed by atoms with Crippen LogP contribution in [0.2, 0.25) is 0 Å². The second-order valence-electron chi connectivity index (χ2n) is 8.14. The summed E-state index contributed by atoms with van der Waals surface area (Å²) in [6.07, 6.45) is 2.88. The van der Waals surface area contributed by atoms with Crippen LogP contribution in [0.1, 0.15) is 67.1 Å². The summed E-state index contributed by atoms with van der Waals surface area (Å²) < 4.78 is 1.03. The number of benzene rings is 2. The van der Waals surface area contributed by atoms with Crippen molar-refractivity contribution >= 4 is 40.4 Å². The summed E-state index contributed by atoms with van der Waals surface area (Å²) in [5.74, 6) is 0.291. The molecular formula is C23H28IN3O. The van der Waals surface area contributed by atoms with Gasteiger partial charge in [0.15, 0.2) is 0 Å². The van der Waals surface area contributed by atoms with E-state index in [4.69, 9.17) is 0 Å². The van der Waals surface area contributed by atoms with Crippen LogP contribution in [0, 0.1) is 10.5 Å². The van der Waals surface area contributed by atoms with Gasteiger partial charge < -0.3 is 4.90 Å². The highest BCUT2D eigenvalue weighted by Gasteiger charge is 2.35. The predicted molar refractivity (Wildman–Crippen MR) is 126 cm³/mol. The number of carbonyl (C=O) groups excluding carboxylic acids is 1. The van der Waals surface area contributed by atoms with Crippen LogP contribution in [0.15, 0.2) is 41.5 Å². The van der Waals surface area contributed by atoms with Crippen LogP contribution in [-0.4, -0.2) is 24.2 Å². The molecule has 0 unspecified atom stereocenters. The first-order valence-corrected chi connectivity index (χ1v) is 10.8. The number of hydrazone groups is 1. The van der Waals surface area contributed by atoms with Crippen molar-refractivity contribution in [3.05, 3.63) is 62.2 Å². The molecule has 1 aliphatic rings. The van der Waals surface area contributed by atoms with Crippen LogP contribution < -0.4 is 10.3 Å². The van der Waals surface area contributed by atoms with Gasteiger partial charge >= 0.3 is 0 Å². The molecule has 28 heavy (non-hydrogen) atoms. The topological polar surface area (TPSA) is 44.7 Å². The van der Waals surface area contributed by atoms with Crippen molar-refractivity contribution in [3.8, 4) is 0 Å². The number of halogens is 1. The van der Waals surface area contributed by atoms with Crippen LogP contribution in [0.5, 0.6) is 0 Å². The van der Waals surface area contributed by atoms with E-state index in [0.717, 1.165) is 27.7 Å². The second-order valence-corrected chi connectivity index (χ2v) is 9.38. The number of amides is 1. The number of anilines is 1. The van der Waals surface area contributed by atoms with Crippen LogP contribution in [0.4, 0.5) is 5.69 Å². The number of hydrogen-bond donors (Lipinski definition) is 1. The van der Waals surface area contributed by atoms with E-state index in [-0.39, 0.29) is 11.4 Å². The lowest BCUT2D eigenvalue weighted by Crippen LogP contribution is -2.48. The Hall–Kier alpha value is -1.89. The Balaban J connectivity index is 1.83. The monoisotopic (exact) mass is 489 g/mol. The van der Waals surface area contributed by atoms with E-state index in [1.54, 1.807) is 12.3 Å². The lowest BCUT2D eigenvalue weighted by molar-refractivity contribution is 0.0955. The number of nitrogens with zero attached hydrogens (tertiary/aromatic N) is 2. The van der Waals surface area contributed by atoms with Gasteiger partial charge in [-0.2, -0.15) is 5.10 Å². The van der Waals surface area contributed by atoms with Gasteiger partial charge in [0.2, 0.25) is 0 Å². The van der Waals surface area contributed by atoms with Crippen molar-refractivity contribution in [2.75, 3.05) is 11.4 Å². The molecule has 1 heterocycles. The first kappa shape index (κ1) is 20.8. The first-order valence-electron chi connectivity index (χ1n) is 9.74. The molecule has 3 rings (SSSR count). The lowest BCUT2D eigenvalue weighted by Gasteiger charge is -2.47. The summed E-state index contributed by atoms with van der Waals surface area (Å²) in [6, 6.07) is 12.0. The van der Waals surface area contributed by atoms with Gasteiger partial charge in [0.05, 0.1) is 6.21 Å². The number of nitrogens with one attached hydrogen (secondary N) is 1. The largest absolute Gasteiger partial charge is 0.366 e. The molecule has 148 valence electrons. The zero-order chi connectivity index (χ0) is 20.5. The van der Waals surface area contributed by atoms with Gasteiger partial charge in [0, 0.05) is 26.9 Å². The third-order valence-corrected chi connectivity index (χ3v) is 6.22. The van der Waals surface area contributed by atoms with E-state index in [1.165, 1.54) is 11.3 Å². The Kier molecular flexibility index (Phi) is 6.12. The molecule has 0 saturated heterocycles. The molecule has 1 atom stereocenters. The molecule has 2 aromatic rings. The van der Waals surface area contributed by atoms with Gasteiger partial charge in [0.25, 0.3) is 5.91 Å². The molecule has 1 amide bonds. The average Bonchev–Trinajstić information content (AvgIpc) is 2.62. The van der Waals surface area contributed by atoms with Gasteiger partial charge in [-0.3, -0.25) is 4.79 Å². The molecule has 0 bridgehead atoms. The van der Waals surface area contributed by atoms with Crippen LogP contribution in [0.25, 0.3) is 0 Å². The van der Waals surface area contributed by atoms with Crippen LogP contribution in [0.3, 0.4) is 0 Å². The van der Waals surface area contributed by atoms with Gasteiger partial charge in [-0.05, 0) is 110 Å². The van der Waals surface area contributed by atoms with E-state index in [1.807, 2.05) is 18.2 Å². The smallest absolute Gasteiger partial charge is 0.271 e. The predicted octanol–water partition coefficient (Wildman–Crippen LogP) is 5.48. The Morgan fingerprint density at radius 3 is 2.79 bits per heavy atom. The number of hydrogen-bond acceptors (Lipinski definition) is 3. The molecule has 0 fully saturated rings. The van der Waals surface area contributed by atoms with Crippen LogP contribution >= 0.6 is 22.6 Å². The van der Waals surface area contributed by atoms with E-state index in [0.29, 0.717) is 11.5 Å².